The number of hydrogen-bond acceptors (Lipinski definition) is 11. The summed E-state index contributed by atoms with van der Waals surface area (Å²) >= 11 is 0. The van der Waals surface area contributed by atoms with Gasteiger partial charge >= 0.3 is 23.9 Å². The molecule has 11 heteroatoms. The molecule has 0 N–H and O–H groups in total. The first-order valence-electron chi connectivity index (χ1n) is 18.1. The number of rotatable bonds is 7. The van der Waals surface area contributed by atoms with Gasteiger partial charge in [0, 0.05) is 67.8 Å². The van der Waals surface area contributed by atoms with Crippen LogP contribution in [0.5, 0.6) is 0 Å². The van der Waals surface area contributed by atoms with Gasteiger partial charge in [-0.2, -0.15) is 0 Å². The fraction of sp³-hybridized carbons (Fsp3) is 0.561. The maximum absolute atomic E-state index is 14.0. The summed E-state index contributed by atoms with van der Waals surface area (Å²) < 4.78 is 43.9. The molecule has 1 aromatic heterocycles. The van der Waals surface area contributed by atoms with E-state index in [0.29, 0.717) is 6.42 Å². The van der Waals surface area contributed by atoms with E-state index >= 15 is 0 Å². The van der Waals surface area contributed by atoms with Gasteiger partial charge in [0.15, 0.2) is 0 Å². The molecule has 52 heavy (non-hydrogen) atoms. The van der Waals surface area contributed by atoms with Crippen molar-refractivity contribution in [2.75, 3.05) is 6.61 Å². The van der Waals surface area contributed by atoms with E-state index in [2.05, 4.69) is 20.8 Å². The van der Waals surface area contributed by atoms with Gasteiger partial charge in [0.2, 0.25) is 6.29 Å². The Hall–Kier alpha value is -4.22. The van der Waals surface area contributed by atoms with E-state index in [0.717, 1.165) is 22.3 Å². The molecular formula is C41H48O11. The Morgan fingerprint density at radius 2 is 1.54 bits per heavy atom. The Bertz CT molecular complexity index is 1780. The lowest BCUT2D eigenvalue weighted by Crippen LogP contribution is -2.72. The van der Waals surface area contributed by atoms with Crippen LogP contribution in [0, 0.1) is 28.1 Å². The van der Waals surface area contributed by atoms with E-state index in [1.807, 2.05) is 43.3 Å². The Labute approximate surface area is 304 Å². The summed E-state index contributed by atoms with van der Waals surface area (Å²) in [5.41, 5.74) is 1.26. The number of fused-ring (bicyclic) bond motifs is 4. The molecule has 3 heterocycles. The van der Waals surface area contributed by atoms with Crippen LogP contribution in [-0.4, -0.2) is 67.3 Å². The van der Waals surface area contributed by atoms with Crippen molar-refractivity contribution in [2.45, 2.75) is 110 Å². The van der Waals surface area contributed by atoms with Crippen molar-refractivity contribution in [1.29, 1.82) is 0 Å². The van der Waals surface area contributed by atoms with Crippen molar-refractivity contribution < 1.29 is 52.0 Å². The number of carbonyl (C=O) groups is 4. The van der Waals surface area contributed by atoms with Crippen LogP contribution in [-0.2, 0) is 47.6 Å². The quantitative estimate of drug-likeness (QED) is 0.138. The molecule has 2 aliphatic heterocycles. The minimum atomic E-state index is -0.966. The van der Waals surface area contributed by atoms with Crippen LogP contribution in [0.15, 0.2) is 70.6 Å². The lowest BCUT2D eigenvalue weighted by Gasteiger charge is -2.66. The van der Waals surface area contributed by atoms with E-state index in [1.165, 1.54) is 26.8 Å². The number of hydrogen-bond donors (Lipinski definition) is 0. The molecule has 3 aliphatic carbocycles. The molecule has 2 saturated heterocycles. The third-order valence-electron chi connectivity index (χ3n) is 12.9. The van der Waals surface area contributed by atoms with Gasteiger partial charge in [0.1, 0.15) is 18.3 Å². The average molecular weight is 717 g/mol. The zero-order valence-corrected chi connectivity index (χ0v) is 30.8. The van der Waals surface area contributed by atoms with Crippen LogP contribution in [0.3, 0.4) is 0 Å². The van der Waals surface area contributed by atoms with Crippen molar-refractivity contribution in [3.05, 3.63) is 77.3 Å². The van der Waals surface area contributed by atoms with Gasteiger partial charge < -0.3 is 32.8 Å². The Balaban J connectivity index is 1.44. The first kappa shape index (κ1) is 36.2. The molecule has 0 radical (unpaired) electrons. The zero-order valence-electron chi connectivity index (χ0n) is 30.8. The maximum atomic E-state index is 14.0. The first-order valence-corrected chi connectivity index (χ1v) is 18.1. The summed E-state index contributed by atoms with van der Waals surface area (Å²) in [5, 5.41) is 0. The largest absolute Gasteiger partial charge is 0.472 e. The first-order chi connectivity index (χ1) is 24.7. The van der Waals surface area contributed by atoms with Gasteiger partial charge in [-0.15, -0.1) is 0 Å². The molecule has 1 unspecified atom stereocenters. The minimum Gasteiger partial charge on any atom is -0.472 e. The monoisotopic (exact) mass is 716 g/mol. The lowest BCUT2D eigenvalue weighted by atomic mass is 9.39. The Morgan fingerprint density at radius 3 is 2.19 bits per heavy atom. The van der Waals surface area contributed by atoms with Crippen LogP contribution in [0.2, 0.25) is 0 Å². The molecule has 12 atom stereocenters. The number of benzene rings is 1. The highest BCUT2D eigenvalue weighted by molar-refractivity contribution is 5.87. The second-order valence-electron chi connectivity index (χ2n) is 15.8. The van der Waals surface area contributed by atoms with E-state index in [9.17, 15) is 19.2 Å². The second kappa shape index (κ2) is 13.3. The molecule has 2 saturated carbocycles. The predicted octanol–water partition coefficient (Wildman–Crippen LogP) is 6.32. The smallest absolute Gasteiger partial charge is 0.331 e. The second-order valence-corrected chi connectivity index (χ2v) is 15.8. The molecule has 0 amide bonds. The molecule has 11 nitrogen and oxygen atoms in total. The molecule has 4 fully saturated rings. The van der Waals surface area contributed by atoms with Gasteiger partial charge in [-0.3, -0.25) is 14.4 Å². The Kier molecular flexibility index (Phi) is 9.26. The van der Waals surface area contributed by atoms with E-state index in [4.69, 9.17) is 32.8 Å². The highest BCUT2D eigenvalue weighted by Crippen LogP contribution is 2.73. The number of carbonyl (C=O) groups excluding carboxylic acids is 4. The van der Waals surface area contributed by atoms with Crippen molar-refractivity contribution in [2.24, 2.45) is 28.1 Å². The summed E-state index contributed by atoms with van der Waals surface area (Å²) in [6, 6.07) is 11.4. The van der Waals surface area contributed by atoms with Gasteiger partial charge in [-0.1, -0.05) is 56.7 Å². The van der Waals surface area contributed by atoms with Gasteiger partial charge in [-0.25, -0.2) is 4.79 Å². The van der Waals surface area contributed by atoms with Crippen molar-refractivity contribution in [1.82, 2.24) is 0 Å². The van der Waals surface area contributed by atoms with Crippen molar-refractivity contribution in [3.63, 3.8) is 0 Å². The predicted molar refractivity (Wildman–Crippen MR) is 186 cm³/mol. The fourth-order valence-corrected chi connectivity index (χ4v) is 11.1. The summed E-state index contributed by atoms with van der Waals surface area (Å²) in [6.07, 6.45) is 3.20. The van der Waals surface area contributed by atoms with Crippen LogP contribution in [0.4, 0.5) is 0 Å². The molecule has 1 aromatic carbocycles. The molecule has 2 aromatic rings. The normalized spacial score (nSPS) is 39.2. The summed E-state index contributed by atoms with van der Waals surface area (Å²) in [5.74, 6) is -2.89. The third-order valence-corrected chi connectivity index (χ3v) is 12.9. The fourth-order valence-electron chi connectivity index (χ4n) is 11.1. The molecule has 7 rings (SSSR count). The van der Waals surface area contributed by atoms with Gasteiger partial charge in [-0.05, 0) is 48.1 Å². The molecule has 0 spiro atoms. The maximum Gasteiger partial charge on any atom is 0.331 e. The number of allylic oxidation sites excluding steroid dienone is 1. The van der Waals surface area contributed by atoms with Crippen molar-refractivity contribution >= 4 is 30.0 Å². The molecule has 278 valence electrons. The zero-order chi connectivity index (χ0) is 37.2. The van der Waals surface area contributed by atoms with Crippen LogP contribution < -0.4 is 0 Å². The van der Waals surface area contributed by atoms with Crippen LogP contribution >= 0.6 is 0 Å². The van der Waals surface area contributed by atoms with Crippen LogP contribution in [0.1, 0.15) is 84.8 Å². The SMILES string of the molecule is CC(=O)OC1C[C@H]2[C@](C)(C3=C(C)[C@@H](c4ccoc4)C[C@@H]3O1)[C@H](OC(=O)/C=C/c1ccccc1)[C@@H]1OC[C@]3(C)[C@H](OC(C)=O)C[C@H](OC(C)=O)[C@@]2(C)[C@@H]13. The summed E-state index contributed by atoms with van der Waals surface area (Å²) in [4.78, 5) is 52.0. The number of ether oxygens (including phenoxy) is 6. The van der Waals surface area contributed by atoms with Gasteiger partial charge in [0.25, 0.3) is 0 Å². The molecule has 0 bridgehead atoms. The minimum absolute atomic E-state index is 0.0779. The summed E-state index contributed by atoms with van der Waals surface area (Å²) in [6.45, 7) is 12.6. The van der Waals surface area contributed by atoms with Crippen molar-refractivity contribution in [3.8, 4) is 0 Å². The highest BCUT2D eigenvalue weighted by atomic mass is 16.7. The molecule has 5 aliphatic rings. The topological polar surface area (TPSA) is 137 Å². The molecular weight excluding hydrogens is 668 g/mol. The van der Waals surface area contributed by atoms with E-state index < -0.39 is 88.8 Å². The van der Waals surface area contributed by atoms with E-state index in [-0.39, 0.29) is 25.4 Å². The highest BCUT2D eigenvalue weighted by Gasteiger charge is 2.78. The Morgan fingerprint density at radius 1 is 0.846 bits per heavy atom. The average Bonchev–Trinajstić information content (AvgIpc) is 3.79. The number of esters is 4. The van der Waals surface area contributed by atoms with E-state index in [1.54, 1.807) is 18.6 Å². The van der Waals surface area contributed by atoms with Gasteiger partial charge in [0.05, 0.1) is 31.3 Å². The standard InChI is InChI=1S/C41H48O11/c1-22-28(27-15-16-46-20-27)17-29-35(22)41(7)30(18-34(51-29)50-25(4)44)40(6)32(49-24(3)43)19-31(48-23(2)42)39(5)21-47-36(37(39)40)38(41)52-33(45)14-13-26-11-9-8-10-12-26/h8-16,20,28-32,34,36-38H,17-19,21H2,1-7H3/b14-13+/t28-,29-,30+,31+,32-,34?,36+,37-,38+,39+,40-,41+/m0/s1. The van der Waals surface area contributed by atoms with Crippen LogP contribution in [0.25, 0.3) is 6.08 Å². The number of furan rings is 1. The lowest BCUT2D eigenvalue weighted by molar-refractivity contribution is -0.262. The summed E-state index contributed by atoms with van der Waals surface area (Å²) in [7, 11) is 0. The third kappa shape index (κ3) is 5.80.